The third kappa shape index (κ3) is 5.29. The molecule has 2 fully saturated rings. The number of amides is 1. The quantitative estimate of drug-likeness (QED) is 0.263. The molecule has 1 aliphatic heterocycles. The summed E-state index contributed by atoms with van der Waals surface area (Å²) in [5.41, 5.74) is 5.65. The molecule has 6 rings (SSSR count). The van der Waals surface area contributed by atoms with Crippen LogP contribution in [0.5, 0.6) is 5.75 Å². The molecule has 1 saturated heterocycles. The largest absolute Gasteiger partial charge is 0.491 e. The summed E-state index contributed by atoms with van der Waals surface area (Å²) in [6, 6.07) is 21.2. The molecule has 2 bridgehead atoms. The maximum absolute atomic E-state index is 13.7. The van der Waals surface area contributed by atoms with Gasteiger partial charge in [0.2, 0.25) is 0 Å². The van der Waals surface area contributed by atoms with Crippen molar-refractivity contribution in [2.24, 2.45) is 5.92 Å². The second kappa shape index (κ2) is 11.8. The SMILES string of the molecule is CCCCOc1cc2c(cc1N(C)c1ccc(F)cc1)C[C@H]1[C@H]3CCCC[C@@]23CCN1C(=O)OCc1ccccc1. The highest BCUT2D eigenvalue weighted by Crippen LogP contribution is 2.57. The normalized spacial score (nSPS) is 22.9. The van der Waals surface area contributed by atoms with E-state index in [0.29, 0.717) is 19.1 Å². The average molecular weight is 557 g/mol. The van der Waals surface area contributed by atoms with E-state index >= 15 is 0 Å². The minimum absolute atomic E-state index is 0.0581. The van der Waals surface area contributed by atoms with E-state index in [0.717, 1.165) is 67.8 Å². The lowest BCUT2D eigenvalue weighted by Crippen LogP contribution is -2.62. The topological polar surface area (TPSA) is 42.0 Å². The van der Waals surface area contributed by atoms with Gasteiger partial charge in [-0.2, -0.15) is 0 Å². The number of unbranched alkanes of at least 4 members (excludes halogenated alkanes) is 1. The number of likely N-dealkylation sites (tertiary alicyclic amines) is 1. The highest BCUT2D eigenvalue weighted by atomic mass is 19.1. The molecule has 0 unspecified atom stereocenters. The van der Waals surface area contributed by atoms with Gasteiger partial charge in [0.1, 0.15) is 18.2 Å². The van der Waals surface area contributed by atoms with Crippen molar-refractivity contribution in [2.45, 2.75) is 76.4 Å². The van der Waals surface area contributed by atoms with Crippen molar-refractivity contribution in [3.05, 3.63) is 89.2 Å². The van der Waals surface area contributed by atoms with Gasteiger partial charge in [0, 0.05) is 30.7 Å². The molecule has 0 spiro atoms. The summed E-state index contributed by atoms with van der Waals surface area (Å²) in [6.45, 7) is 3.85. The first-order valence-electron chi connectivity index (χ1n) is 15.3. The van der Waals surface area contributed by atoms with Crippen LogP contribution in [0.15, 0.2) is 66.7 Å². The molecule has 3 aromatic rings. The number of fused-ring (bicyclic) bond motifs is 1. The van der Waals surface area contributed by atoms with E-state index < -0.39 is 0 Å². The predicted octanol–water partition coefficient (Wildman–Crippen LogP) is 8.17. The van der Waals surface area contributed by atoms with E-state index in [1.165, 1.54) is 36.1 Å². The van der Waals surface area contributed by atoms with Gasteiger partial charge in [-0.3, -0.25) is 0 Å². The summed E-state index contributed by atoms with van der Waals surface area (Å²) in [6.07, 6.45) is 8.31. The van der Waals surface area contributed by atoms with Crippen molar-refractivity contribution in [3.8, 4) is 5.75 Å². The molecule has 3 aromatic carbocycles. The molecule has 0 N–H and O–H groups in total. The summed E-state index contributed by atoms with van der Waals surface area (Å²) in [5.74, 6) is 1.07. The Morgan fingerprint density at radius 3 is 2.66 bits per heavy atom. The lowest BCUT2D eigenvalue weighted by Gasteiger charge is -2.58. The Hall–Kier alpha value is -3.54. The Labute approximate surface area is 243 Å². The molecule has 0 radical (unpaired) electrons. The van der Waals surface area contributed by atoms with Crippen LogP contribution in [0.4, 0.5) is 20.6 Å². The second-order valence-corrected chi connectivity index (χ2v) is 12.0. The van der Waals surface area contributed by atoms with Crippen molar-refractivity contribution >= 4 is 17.5 Å². The highest BCUT2D eigenvalue weighted by Gasteiger charge is 2.55. The third-order valence-corrected chi connectivity index (χ3v) is 9.68. The van der Waals surface area contributed by atoms with Gasteiger partial charge in [-0.25, -0.2) is 9.18 Å². The van der Waals surface area contributed by atoms with E-state index in [1.807, 2.05) is 42.3 Å². The van der Waals surface area contributed by atoms with Crippen LogP contribution >= 0.6 is 0 Å². The van der Waals surface area contributed by atoms with Crippen LogP contribution in [0.1, 0.15) is 68.6 Å². The van der Waals surface area contributed by atoms with Gasteiger partial charge < -0.3 is 19.3 Å². The standard InChI is InChI=1S/C35H41FN2O3/c1-3-4-20-40-33-23-30-26(22-32(33)37(2)28-15-13-27(36)14-16-28)21-31-29-12-8-9-17-35(29,30)18-19-38(31)34(39)41-24-25-10-6-5-7-11-25/h5-7,10-11,13-16,22-23,29,31H,3-4,8-9,12,17-21,24H2,1-2H3/t29-,31+,35+/m1/s1. The molecule has 6 heteroatoms. The number of anilines is 2. The van der Waals surface area contributed by atoms with Crippen LogP contribution in [0, 0.1) is 11.7 Å². The number of ether oxygens (including phenoxy) is 2. The van der Waals surface area contributed by atoms with E-state index in [-0.39, 0.29) is 23.4 Å². The zero-order chi connectivity index (χ0) is 28.4. The monoisotopic (exact) mass is 556 g/mol. The summed E-state index contributed by atoms with van der Waals surface area (Å²) < 4.78 is 26.0. The Balaban J connectivity index is 1.35. The molecule has 2 aliphatic carbocycles. The van der Waals surface area contributed by atoms with Gasteiger partial charge in [-0.05, 0) is 91.1 Å². The molecule has 41 heavy (non-hydrogen) atoms. The molecule has 1 saturated carbocycles. The summed E-state index contributed by atoms with van der Waals surface area (Å²) >= 11 is 0. The van der Waals surface area contributed by atoms with Crippen LogP contribution in [0.2, 0.25) is 0 Å². The summed E-state index contributed by atoms with van der Waals surface area (Å²) in [4.78, 5) is 17.6. The molecule has 3 atom stereocenters. The van der Waals surface area contributed by atoms with Gasteiger partial charge in [0.15, 0.2) is 0 Å². The number of hydrogen-bond acceptors (Lipinski definition) is 4. The fourth-order valence-electron chi connectivity index (χ4n) is 7.57. The van der Waals surface area contributed by atoms with Crippen molar-refractivity contribution < 1.29 is 18.7 Å². The van der Waals surface area contributed by atoms with Crippen LogP contribution in [-0.4, -0.2) is 37.2 Å². The minimum Gasteiger partial charge on any atom is -0.491 e. The smallest absolute Gasteiger partial charge is 0.410 e. The van der Waals surface area contributed by atoms with Crippen molar-refractivity contribution in [2.75, 3.05) is 25.1 Å². The van der Waals surface area contributed by atoms with Crippen molar-refractivity contribution in [1.82, 2.24) is 4.90 Å². The zero-order valence-electron chi connectivity index (χ0n) is 24.3. The number of halogens is 1. The molecule has 1 heterocycles. The maximum Gasteiger partial charge on any atom is 0.410 e. The number of benzene rings is 3. The molecule has 5 nitrogen and oxygen atoms in total. The molecule has 0 aromatic heterocycles. The van der Waals surface area contributed by atoms with Crippen molar-refractivity contribution in [3.63, 3.8) is 0 Å². The lowest BCUT2D eigenvalue weighted by atomic mass is 9.52. The number of rotatable bonds is 8. The fraction of sp³-hybridized carbons (Fsp3) is 0.457. The third-order valence-electron chi connectivity index (χ3n) is 9.68. The van der Waals surface area contributed by atoms with E-state index in [2.05, 4.69) is 24.0 Å². The number of piperidine rings is 1. The van der Waals surface area contributed by atoms with E-state index in [9.17, 15) is 9.18 Å². The number of carbonyl (C=O) groups is 1. The molecule has 3 aliphatic rings. The number of nitrogens with zero attached hydrogens (tertiary/aromatic N) is 2. The first-order chi connectivity index (χ1) is 20.0. The Morgan fingerprint density at radius 2 is 1.88 bits per heavy atom. The number of hydrogen-bond donors (Lipinski definition) is 0. The number of carbonyl (C=O) groups excluding carboxylic acids is 1. The predicted molar refractivity (Wildman–Crippen MR) is 160 cm³/mol. The first-order valence-corrected chi connectivity index (χ1v) is 15.3. The first kappa shape index (κ1) is 27.6. The van der Waals surface area contributed by atoms with Crippen LogP contribution in [0.25, 0.3) is 0 Å². The Bertz CT molecular complexity index is 1360. The molecular weight excluding hydrogens is 515 g/mol. The van der Waals surface area contributed by atoms with Gasteiger partial charge in [0.25, 0.3) is 0 Å². The van der Waals surface area contributed by atoms with Crippen LogP contribution in [0.3, 0.4) is 0 Å². The summed E-state index contributed by atoms with van der Waals surface area (Å²) in [5, 5.41) is 0. The van der Waals surface area contributed by atoms with Gasteiger partial charge >= 0.3 is 6.09 Å². The van der Waals surface area contributed by atoms with Crippen LogP contribution in [-0.2, 0) is 23.2 Å². The minimum atomic E-state index is -0.249. The van der Waals surface area contributed by atoms with Gasteiger partial charge in [-0.1, -0.05) is 56.5 Å². The lowest BCUT2D eigenvalue weighted by molar-refractivity contribution is -0.0137. The Kier molecular flexibility index (Phi) is 7.92. The van der Waals surface area contributed by atoms with Crippen molar-refractivity contribution in [1.29, 1.82) is 0 Å². The Morgan fingerprint density at radius 1 is 1.07 bits per heavy atom. The van der Waals surface area contributed by atoms with Crippen LogP contribution < -0.4 is 9.64 Å². The molecule has 1 amide bonds. The maximum atomic E-state index is 13.7. The second-order valence-electron chi connectivity index (χ2n) is 12.0. The molecular formula is C35H41FN2O3. The average Bonchev–Trinajstić information content (AvgIpc) is 3.00. The van der Waals surface area contributed by atoms with E-state index in [4.69, 9.17) is 9.47 Å². The summed E-state index contributed by atoms with van der Waals surface area (Å²) in [7, 11) is 2.01. The van der Waals surface area contributed by atoms with Gasteiger partial charge in [-0.15, -0.1) is 0 Å². The van der Waals surface area contributed by atoms with E-state index in [1.54, 1.807) is 12.1 Å². The molecule has 216 valence electrons. The zero-order valence-corrected chi connectivity index (χ0v) is 24.3. The highest BCUT2D eigenvalue weighted by molar-refractivity contribution is 5.73. The van der Waals surface area contributed by atoms with Gasteiger partial charge in [0.05, 0.1) is 12.3 Å². The fourth-order valence-corrected chi connectivity index (χ4v) is 7.57.